The van der Waals surface area contributed by atoms with E-state index in [9.17, 15) is 12.8 Å². The predicted molar refractivity (Wildman–Crippen MR) is 138 cm³/mol. The predicted octanol–water partition coefficient (Wildman–Crippen LogP) is 4.85. The quantitative estimate of drug-likeness (QED) is 0.349. The molecule has 0 saturated heterocycles. The largest absolute Gasteiger partial charge is 0.494 e. The Kier molecular flexibility index (Phi) is 8.72. The molecule has 0 fully saturated rings. The van der Waals surface area contributed by atoms with E-state index in [1.807, 2.05) is 0 Å². The molecular weight excluding hydrogens is 505 g/mol. The lowest BCUT2D eigenvalue weighted by Crippen LogP contribution is -2.14. The number of sulfonamides is 1. The summed E-state index contributed by atoms with van der Waals surface area (Å²) < 4.78 is 74.5. The summed E-state index contributed by atoms with van der Waals surface area (Å²) in [6, 6.07) is 10.1. The lowest BCUT2D eigenvalue weighted by molar-refractivity contribution is 0.324. The van der Waals surface area contributed by atoms with E-state index in [0.29, 0.717) is 22.8 Å². The molecule has 3 aromatic rings. The van der Waals surface area contributed by atoms with E-state index in [1.165, 1.54) is 54.8 Å². The molecule has 0 radical (unpaired) electrons. The van der Waals surface area contributed by atoms with Gasteiger partial charge in [0, 0.05) is 0 Å². The molecule has 0 spiro atoms. The Morgan fingerprint density at radius 2 is 1.14 bits per heavy atom. The highest BCUT2D eigenvalue weighted by Gasteiger charge is 2.21. The van der Waals surface area contributed by atoms with Crippen molar-refractivity contribution in [2.75, 3.05) is 47.4 Å². The zero-order valence-corrected chi connectivity index (χ0v) is 22.1. The molecule has 198 valence electrons. The Morgan fingerprint density at radius 3 is 1.59 bits per heavy atom. The molecule has 3 aromatic carbocycles. The lowest BCUT2D eigenvalue weighted by Gasteiger charge is -2.16. The number of halogens is 1. The summed E-state index contributed by atoms with van der Waals surface area (Å²) in [4.78, 5) is -0.287. The van der Waals surface area contributed by atoms with Gasteiger partial charge in [-0.05, 0) is 53.6 Å². The normalized spacial score (nSPS) is 11.2. The molecule has 0 amide bonds. The second-order valence-corrected chi connectivity index (χ2v) is 9.18. The first-order valence-electron chi connectivity index (χ1n) is 10.8. The highest BCUT2D eigenvalue weighted by Crippen LogP contribution is 2.40. The maximum absolute atomic E-state index is 14.2. The van der Waals surface area contributed by atoms with Crippen molar-refractivity contribution in [3.05, 3.63) is 59.4 Å². The molecule has 3 rings (SSSR count). The van der Waals surface area contributed by atoms with Gasteiger partial charge in [0.05, 0.1) is 53.2 Å². The summed E-state index contributed by atoms with van der Waals surface area (Å²) in [7, 11) is 4.48. The van der Waals surface area contributed by atoms with Crippen molar-refractivity contribution >= 4 is 27.9 Å². The van der Waals surface area contributed by atoms with Crippen LogP contribution < -0.4 is 33.1 Å². The average Bonchev–Trinajstić information content (AvgIpc) is 2.90. The Morgan fingerprint density at radius 1 is 0.649 bits per heavy atom. The van der Waals surface area contributed by atoms with Crippen molar-refractivity contribution in [1.29, 1.82) is 0 Å². The highest BCUT2D eigenvalue weighted by atomic mass is 32.2. The SMILES string of the molecule is COc1ccc(S(=O)(=O)Nc2cc(/C=C\c3cc(OC)c(OC)c(OC)c3)cc(OC)c2OC)cc1F. The molecule has 0 aliphatic rings. The molecule has 0 aliphatic carbocycles. The third-order valence-corrected chi connectivity index (χ3v) is 6.70. The zero-order chi connectivity index (χ0) is 27.2. The van der Waals surface area contributed by atoms with Crippen LogP contribution in [0.25, 0.3) is 12.2 Å². The first-order valence-corrected chi connectivity index (χ1v) is 12.3. The van der Waals surface area contributed by atoms with E-state index in [1.54, 1.807) is 36.4 Å². The number of ether oxygens (including phenoxy) is 6. The van der Waals surface area contributed by atoms with Crippen molar-refractivity contribution in [2.24, 2.45) is 0 Å². The Hall–Kier alpha value is -4.12. The van der Waals surface area contributed by atoms with E-state index in [0.717, 1.165) is 11.6 Å². The summed E-state index contributed by atoms with van der Waals surface area (Å²) in [6.07, 6.45) is 3.52. The van der Waals surface area contributed by atoms with Crippen LogP contribution in [-0.2, 0) is 10.0 Å². The molecule has 0 heterocycles. The molecular formula is C26H28FNO8S. The van der Waals surface area contributed by atoms with Crippen molar-refractivity contribution < 1.29 is 41.2 Å². The van der Waals surface area contributed by atoms with Crippen molar-refractivity contribution in [1.82, 2.24) is 0 Å². The number of methoxy groups -OCH3 is 6. The molecule has 1 N–H and O–H groups in total. The van der Waals surface area contributed by atoms with Gasteiger partial charge in [-0.2, -0.15) is 0 Å². The fourth-order valence-corrected chi connectivity index (χ4v) is 4.63. The van der Waals surface area contributed by atoms with Gasteiger partial charge in [0.25, 0.3) is 10.0 Å². The van der Waals surface area contributed by atoms with Crippen LogP contribution in [0.2, 0.25) is 0 Å². The third-order valence-electron chi connectivity index (χ3n) is 5.33. The summed E-state index contributed by atoms with van der Waals surface area (Å²) >= 11 is 0. The fourth-order valence-electron chi connectivity index (χ4n) is 3.57. The smallest absolute Gasteiger partial charge is 0.262 e. The molecule has 9 nitrogen and oxygen atoms in total. The minimum atomic E-state index is -4.18. The van der Waals surface area contributed by atoms with Crippen molar-refractivity contribution in [2.45, 2.75) is 4.90 Å². The summed E-state index contributed by atoms with van der Waals surface area (Å²) in [5, 5.41) is 0. The van der Waals surface area contributed by atoms with Crippen molar-refractivity contribution in [3.8, 4) is 34.5 Å². The van der Waals surface area contributed by atoms with Crippen LogP contribution in [0.5, 0.6) is 34.5 Å². The fraction of sp³-hybridized carbons (Fsp3) is 0.231. The number of nitrogens with one attached hydrogen (secondary N) is 1. The summed E-state index contributed by atoms with van der Waals surface area (Å²) in [6.45, 7) is 0. The Bertz CT molecular complexity index is 1380. The van der Waals surface area contributed by atoms with Gasteiger partial charge in [0.1, 0.15) is 0 Å². The molecule has 0 saturated carbocycles. The van der Waals surface area contributed by atoms with Crippen LogP contribution in [0.3, 0.4) is 0 Å². The molecule has 11 heteroatoms. The maximum atomic E-state index is 14.2. The summed E-state index contributed by atoms with van der Waals surface area (Å²) in [5.74, 6) is 0.982. The topological polar surface area (TPSA) is 102 Å². The van der Waals surface area contributed by atoms with Gasteiger partial charge in [0.15, 0.2) is 34.6 Å². The Balaban J connectivity index is 2.03. The second kappa shape index (κ2) is 11.7. The zero-order valence-electron chi connectivity index (χ0n) is 21.2. The number of hydrogen-bond acceptors (Lipinski definition) is 8. The average molecular weight is 534 g/mol. The van der Waals surface area contributed by atoms with Crippen LogP contribution in [0.15, 0.2) is 47.4 Å². The van der Waals surface area contributed by atoms with Crippen molar-refractivity contribution in [3.63, 3.8) is 0 Å². The van der Waals surface area contributed by atoms with Gasteiger partial charge in [-0.25, -0.2) is 12.8 Å². The first-order chi connectivity index (χ1) is 17.7. The van der Waals surface area contributed by atoms with Crippen LogP contribution in [0.4, 0.5) is 10.1 Å². The van der Waals surface area contributed by atoms with E-state index < -0.39 is 15.8 Å². The van der Waals surface area contributed by atoms with Gasteiger partial charge in [-0.1, -0.05) is 12.2 Å². The van der Waals surface area contributed by atoms with E-state index in [4.69, 9.17) is 28.4 Å². The second-order valence-electron chi connectivity index (χ2n) is 7.50. The van der Waals surface area contributed by atoms with E-state index >= 15 is 0 Å². The monoisotopic (exact) mass is 533 g/mol. The van der Waals surface area contributed by atoms with Gasteiger partial charge < -0.3 is 28.4 Å². The lowest BCUT2D eigenvalue weighted by atomic mass is 10.1. The first kappa shape index (κ1) is 27.5. The molecule has 37 heavy (non-hydrogen) atoms. The maximum Gasteiger partial charge on any atom is 0.262 e. The standard InChI is InChI=1S/C26H28FNO8S/c1-31-21-10-9-18(15-19(21)27)37(29,30)28-20-11-16(12-22(32-2)25(20)35-5)7-8-17-13-23(33-3)26(36-6)24(14-17)34-4/h7-15,28H,1-6H3/b8-7-. The third kappa shape index (κ3) is 6.00. The molecule has 0 atom stereocenters. The Labute approximate surface area is 215 Å². The van der Waals surface area contributed by atoms with E-state index in [-0.39, 0.29) is 27.8 Å². The number of hydrogen-bond donors (Lipinski definition) is 1. The van der Waals surface area contributed by atoms with E-state index in [2.05, 4.69) is 4.72 Å². The van der Waals surface area contributed by atoms with Crippen LogP contribution in [-0.4, -0.2) is 51.1 Å². The molecule has 0 aliphatic heterocycles. The number of benzene rings is 3. The van der Waals surface area contributed by atoms with Gasteiger partial charge in [0.2, 0.25) is 5.75 Å². The minimum Gasteiger partial charge on any atom is -0.494 e. The minimum absolute atomic E-state index is 0.0721. The van der Waals surface area contributed by atoms with Crippen LogP contribution in [0.1, 0.15) is 11.1 Å². The van der Waals surface area contributed by atoms with Gasteiger partial charge in [-0.3, -0.25) is 4.72 Å². The number of anilines is 1. The molecule has 0 bridgehead atoms. The van der Waals surface area contributed by atoms with Crippen LogP contribution in [0, 0.1) is 5.82 Å². The van der Waals surface area contributed by atoms with Gasteiger partial charge >= 0.3 is 0 Å². The van der Waals surface area contributed by atoms with Crippen LogP contribution >= 0.6 is 0 Å². The summed E-state index contributed by atoms with van der Waals surface area (Å²) in [5.41, 5.74) is 1.42. The molecule has 0 aromatic heterocycles. The van der Waals surface area contributed by atoms with Gasteiger partial charge in [-0.15, -0.1) is 0 Å². The molecule has 0 unspecified atom stereocenters. The highest BCUT2D eigenvalue weighted by molar-refractivity contribution is 7.92. The number of rotatable bonds is 11.